The number of aliphatic hydroxyl groups is 1. The predicted octanol–water partition coefficient (Wildman–Crippen LogP) is 5.17. The molecule has 0 radical (unpaired) electrons. The molecular weight excluding hydrogens is 398 g/mol. The molecule has 4 rings (SSSR count). The van der Waals surface area contributed by atoms with Crippen LogP contribution < -0.4 is 5.32 Å². The third-order valence-corrected chi connectivity index (χ3v) is 10.8. The summed E-state index contributed by atoms with van der Waals surface area (Å²) in [5, 5.41) is 14.4. The summed E-state index contributed by atoms with van der Waals surface area (Å²) in [6.07, 6.45) is 8.35. The molecule has 4 nitrogen and oxygen atoms in total. The highest BCUT2D eigenvalue weighted by atomic mass is 16.3. The van der Waals surface area contributed by atoms with E-state index in [9.17, 15) is 14.7 Å². The van der Waals surface area contributed by atoms with Crippen molar-refractivity contribution >= 4 is 11.6 Å². The van der Waals surface area contributed by atoms with Crippen LogP contribution in [0.2, 0.25) is 0 Å². The molecule has 0 aromatic rings. The van der Waals surface area contributed by atoms with Gasteiger partial charge in [0.25, 0.3) is 0 Å². The van der Waals surface area contributed by atoms with E-state index in [2.05, 4.69) is 39.9 Å². The maximum absolute atomic E-state index is 14.0. The van der Waals surface area contributed by atoms with Crippen LogP contribution in [-0.2, 0) is 9.59 Å². The van der Waals surface area contributed by atoms with Crippen LogP contribution in [0.25, 0.3) is 0 Å². The molecule has 1 unspecified atom stereocenters. The number of ketones is 2. The first-order chi connectivity index (χ1) is 15.0. The summed E-state index contributed by atoms with van der Waals surface area (Å²) in [4.78, 5) is 25.6. The summed E-state index contributed by atoms with van der Waals surface area (Å²) in [5.74, 6) is 3.51. The molecule has 0 amide bonds. The normalized spacial score (nSPS) is 47.0. The second kappa shape index (κ2) is 8.80. The van der Waals surface area contributed by atoms with Crippen molar-refractivity contribution < 1.29 is 14.7 Å². The lowest BCUT2D eigenvalue weighted by molar-refractivity contribution is -0.165. The maximum Gasteiger partial charge on any atom is 0.139 e. The van der Waals surface area contributed by atoms with Crippen molar-refractivity contribution in [2.75, 3.05) is 0 Å². The number of aliphatic hydroxyl groups excluding tert-OH is 1. The molecule has 0 bridgehead atoms. The fourth-order valence-corrected chi connectivity index (χ4v) is 9.14. The van der Waals surface area contributed by atoms with Gasteiger partial charge in [0.1, 0.15) is 11.6 Å². The maximum atomic E-state index is 14.0. The molecule has 182 valence electrons. The Morgan fingerprint density at radius 2 is 1.84 bits per heavy atom. The largest absolute Gasteiger partial charge is 0.393 e. The average molecular weight is 446 g/mol. The first-order valence-corrected chi connectivity index (χ1v) is 13.4. The van der Waals surface area contributed by atoms with E-state index in [1.54, 1.807) is 6.92 Å². The van der Waals surface area contributed by atoms with E-state index in [4.69, 9.17) is 0 Å². The molecule has 0 saturated heterocycles. The summed E-state index contributed by atoms with van der Waals surface area (Å²) in [6.45, 7) is 13.2. The highest BCUT2D eigenvalue weighted by Crippen LogP contribution is 2.67. The summed E-state index contributed by atoms with van der Waals surface area (Å²) in [6, 6.07) is 0.862. The number of nitrogens with one attached hydrogen (secondary N) is 1. The van der Waals surface area contributed by atoms with Gasteiger partial charge in [-0.3, -0.25) is 4.79 Å². The van der Waals surface area contributed by atoms with Crippen LogP contribution in [0.4, 0.5) is 0 Å². The molecule has 0 spiro atoms. The molecule has 2 N–H and O–H groups in total. The lowest BCUT2D eigenvalue weighted by atomic mass is 9.43. The van der Waals surface area contributed by atoms with Crippen LogP contribution in [0.15, 0.2) is 0 Å². The van der Waals surface area contributed by atoms with Crippen LogP contribution in [0.1, 0.15) is 99.3 Å². The van der Waals surface area contributed by atoms with Crippen molar-refractivity contribution in [2.45, 2.75) is 118 Å². The Morgan fingerprint density at radius 1 is 1.12 bits per heavy atom. The summed E-state index contributed by atoms with van der Waals surface area (Å²) in [7, 11) is 0. The lowest BCUT2D eigenvalue weighted by Crippen LogP contribution is -2.64. The molecule has 4 saturated carbocycles. The van der Waals surface area contributed by atoms with Gasteiger partial charge < -0.3 is 15.2 Å². The van der Waals surface area contributed by atoms with Gasteiger partial charge in [0.15, 0.2) is 0 Å². The highest BCUT2D eigenvalue weighted by molar-refractivity contribution is 5.87. The van der Waals surface area contributed by atoms with Crippen LogP contribution in [-0.4, -0.2) is 34.9 Å². The topological polar surface area (TPSA) is 66.4 Å². The van der Waals surface area contributed by atoms with Gasteiger partial charge in [-0.05, 0) is 92.8 Å². The van der Waals surface area contributed by atoms with E-state index in [1.807, 2.05) is 0 Å². The van der Waals surface area contributed by atoms with Crippen molar-refractivity contribution in [2.24, 2.45) is 46.3 Å². The number of rotatable bonds is 6. The zero-order valence-electron chi connectivity index (χ0n) is 21.3. The Balaban J connectivity index is 1.67. The van der Waals surface area contributed by atoms with Crippen molar-refractivity contribution in [3.8, 4) is 0 Å². The molecule has 4 aliphatic rings. The molecule has 0 aromatic heterocycles. The summed E-state index contributed by atoms with van der Waals surface area (Å²) in [5.41, 5.74) is -0.0694. The van der Waals surface area contributed by atoms with Crippen LogP contribution in [0.3, 0.4) is 0 Å². The van der Waals surface area contributed by atoms with E-state index in [-0.39, 0.29) is 22.7 Å². The van der Waals surface area contributed by atoms with E-state index >= 15 is 0 Å². The smallest absolute Gasteiger partial charge is 0.139 e. The number of hydrogen-bond donors (Lipinski definition) is 2. The van der Waals surface area contributed by atoms with Gasteiger partial charge in [-0.25, -0.2) is 0 Å². The first-order valence-electron chi connectivity index (χ1n) is 13.4. The van der Waals surface area contributed by atoms with Crippen molar-refractivity contribution in [1.29, 1.82) is 0 Å². The predicted molar refractivity (Wildman–Crippen MR) is 128 cm³/mol. The monoisotopic (exact) mass is 445 g/mol. The highest BCUT2D eigenvalue weighted by Gasteiger charge is 2.65. The standard InChI is InChI=1S/C28H47NO3/c1-16(2)29-24-14-19-13-20(31)11-12-27(19,5)23-15-25(32)28(6)21(9-10-22(28)26(23)24)17(3)7-8-18(4)30/h16-17,19-24,26,29,31H,7-15H2,1-6H3/t17-,19+,20-,21-,22+,23+,24?,26+,27+,28-/m1/s1. The Hall–Kier alpha value is -0.740. The van der Waals surface area contributed by atoms with Gasteiger partial charge in [-0.15, -0.1) is 0 Å². The number of carbonyl (C=O) groups is 2. The van der Waals surface area contributed by atoms with Gasteiger partial charge in [-0.1, -0.05) is 34.6 Å². The third-order valence-electron chi connectivity index (χ3n) is 10.8. The zero-order valence-corrected chi connectivity index (χ0v) is 21.3. The minimum Gasteiger partial charge on any atom is -0.393 e. The molecule has 4 aliphatic carbocycles. The molecule has 10 atom stereocenters. The van der Waals surface area contributed by atoms with Crippen molar-refractivity contribution in [3.05, 3.63) is 0 Å². The van der Waals surface area contributed by atoms with E-state index < -0.39 is 0 Å². The first kappa shape index (κ1) is 24.4. The molecule has 4 fully saturated rings. The average Bonchev–Trinajstić information content (AvgIpc) is 3.06. The molecule has 0 heterocycles. The minimum atomic E-state index is -0.244. The van der Waals surface area contributed by atoms with E-state index in [0.29, 0.717) is 66.2 Å². The Labute approximate surface area is 195 Å². The fraction of sp³-hybridized carbons (Fsp3) is 0.929. The molecule has 32 heavy (non-hydrogen) atoms. The summed E-state index contributed by atoms with van der Waals surface area (Å²) >= 11 is 0. The van der Waals surface area contributed by atoms with Gasteiger partial charge in [0.2, 0.25) is 0 Å². The van der Waals surface area contributed by atoms with Gasteiger partial charge >= 0.3 is 0 Å². The SMILES string of the molecule is CC(=O)CC[C@@H](C)[C@H]1CC[C@H]2[C@@H]3C(NC(C)C)C[C@@H]4C[C@H](O)CC[C@]4(C)[C@H]3CC(=O)[C@]12C. The Morgan fingerprint density at radius 3 is 2.50 bits per heavy atom. The van der Waals surface area contributed by atoms with Gasteiger partial charge in [-0.2, -0.15) is 0 Å². The van der Waals surface area contributed by atoms with Crippen LogP contribution in [0.5, 0.6) is 0 Å². The van der Waals surface area contributed by atoms with Gasteiger partial charge in [0.05, 0.1) is 6.10 Å². The molecule has 0 aromatic carbocycles. The van der Waals surface area contributed by atoms with E-state index in [1.165, 1.54) is 0 Å². The quantitative estimate of drug-likeness (QED) is 0.592. The van der Waals surface area contributed by atoms with Crippen molar-refractivity contribution in [1.82, 2.24) is 5.32 Å². The van der Waals surface area contributed by atoms with Gasteiger partial charge in [0, 0.05) is 30.3 Å². The number of fused-ring (bicyclic) bond motifs is 5. The molecule has 0 aliphatic heterocycles. The Kier molecular flexibility index (Phi) is 6.71. The third kappa shape index (κ3) is 3.91. The molecular formula is C28H47NO3. The Bertz CT molecular complexity index is 734. The second-order valence-electron chi connectivity index (χ2n) is 12.9. The van der Waals surface area contributed by atoms with Crippen molar-refractivity contribution in [3.63, 3.8) is 0 Å². The zero-order chi connectivity index (χ0) is 23.4. The van der Waals surface area contributed by atoms with Crippen LogP contribution >= 0.6 is 0 Å². The number of carbonyl (C=O) groups excluding carboxylic acids is 2. The lowest BCUT2D eigenvalue weighted by Gasteiger charge is -2.63. The number of hydrogen-bond acceptors (Lipinski definition) is 4. The molecule has 4 heteroatoms. The minimum absolute atomic E-state index is 0.174. The fourth-order valence-electron chi connectivity index (χ4n) is 9.14. The second-order valence-corrected chi connectivity index (χ2v) is 12.9. The van der Waals surface area contributed by atoms with E-state index in [0.717, 1.165) is 44.9 Å². The summed E-state index contributed by atoms with van der Waals surface area (Å²) < 4.78 is 0. The van der Waals surface area contributed by atoms with Crippen LogP contribution in [0, 0.1) is 46.3 Å². The number of Topliss-reactive ketones (excluding diaryl/α,β-unsaturated/α-hetero) is 2.